The van der Waals surface area contributed by atoms with Crippen molar-refractivity contribution in [2.45, 2.75) is 24.4 Å². The number of methoxy groups -OCH3 is 1. The molecular formula is C13H28N4O7. The minimum absolute atomic E-state index is 0.176. The van der Waals surface area contributed by atoms with Crippen LogP contribution >= 0.6 is 0 Å². The normalized spacial score (nSPS) is 16.1. The van der Waals surface area contributed by atoms with Gasteiger partial charge in [0.15, 0.2) is 12.2 Å². The Balaban J connectivity index is 4.02. The van der Waals surface area contributed by atoms with Crippen LogP contribution in [0.25, 0.3) is 0 Å². The fourth-order valence-electron chi connectivity index (χ4n) is 1.70. The topological polar surface area (TPSA) is 186 Å². The standard InChI is InChI=1S/C13H28N4O7/c1-24-13(23)11(21)9(19)8(18)10(20)12(22)17-7-6-16-5-4-15-3-2-14/h8-11,15-16,18-21H,2-7,14H2,1H3,(H,17,22)/t8-,9-,10+,11-/m0/s1. The molecule has 1 amide bonds. The van der Waals surface area contributed by atoms with Gasteiger partial charge in [-0.3, -0.25) is 4.79 Å². The monoisotopic (exact) mass is 352 g/mol. The van der Waals surface area contributed by atoms with Crippen molar-refractivity contribution in [2.24, 2.45) is 5.73 Å². The molecule has 0 aliphatic carbocycles. The molecule has 0 saturated carbocycles. The van der Waals surface area contributed by atoms with Crippen LogP contribution < -0.4 is 21.7 Å². The van der Waals surface area contributed by atoms with Crippen LogP contribution in [0.5, 0.6) is 0 Å². The third kappa shape index (κ3) is 8.49. The highest BCUT2D eigenvalue weighted by Gasteiger charge is 2.37. The summed E-state index contributed by atoms with van der Waals surface area (Å²) in [6, 6.07) is 0. The van der Waals surface area contributed by atoms with Crippen LogP contribution in [0.15, 0.2) is 0 Å². The number of amides is 1. The fourth-order valence-corrected chi connectivity index (χ4v) is 1.70. The Morgan fingerprint density at radius 2 is 1.42 bits per heavy atom. The molecule has 0 aliphatic heterocycles. The number of esters is 1. The second kappa shape index (κ2) is 13.0. The van der Waals surface area contributed by atoms with Crippen molar-refractivity contribution >= 4 is 11.9 Å². The number of ether oxygens (including phenoxy) is 1. The molecule has 0 spiro atoms. The van der Waals surface area contributed by atoms with E-state index in [0.29, 0.717) is 32.7 Å². The van der Waals surface area contributed by atoms with Crippen LogP contribution in [-0.4, -0.2) is 103 Å². The number of rotatable bonds is 13. The Labute approximate surface area is 140 Å². The Kier molecular flexibility index (Phi) is 12.3. The Bertz CT molecular complexity index is 372. The maximum absolute atomic E-state index is 11.6. The summed E-state index contributed by atoms with van der Waals surface area (Å²) in [5.74, 6) is -2.14. The minimum Gasteiger partial charge on any atom is -0.467 e. The molecule has 9 N–H and O–H groups in total. The zero-order valence-electron chi connectivity index (χ0n) is 13.6. The van der Waals surface area contributed by atoms with Crippen LogP contribution in [0.2, 0.25) is 0 Å². The van der Waals surface area contributed by atoms with Gasteiger partial charge in [-0.25, -0.2) is 4.79 Å². The zero-order valence-corrected chi connectivity index (χ0v) is 13.6. The Morgan fingerprint density at radius 1 is 0.917 bits per heavy atom. The van der Waals surface area contributed by atoms with Crippen molar-refractivity contribution in [3.05, 3.63) is 0 Å². The van der Waals surface area contributed by atoms with Crippen molar-refractivity contribution in [1.29, 1.82) is 0 Å². The molecule has 0 fully saturated rings. The molecule has 0 unspecified atom stereocenters. The number of hydrogen-bond acceptors (Lipinski definition) is 10. The van der Waals surface area contributed by atoms with Gasteiger partial charge < -0.3 is 46.8 Å². The van der Waals surface area contributed by atoms with Gasteiger partial charge in [0.2, 0.25) is 0 Å². The van der Waals surface area contributed by atoms with Crippen molar-refractivity contribution in [3.8, 4) is 0 Å². The van der Waals surface area contributed by atoms with Crippen LogP contribution in [-0.2, 0) is 14.3 Å². The summed E-state index contributed by atoms with van der Waals surface area (Å²) in [7, 11) is 0.979. The van der Waals surface area contributed by atoms with Crippen molar-refractivity contribution in [3.63, 3.8) is 0 Å². The maximum atomic E-state index is 11.6. The van der Waals surface area contributed by atoms with E-state index < -0.39 is 36.3 Å². The lowest BCUT2D eigenvalue weighted by molar-refractivity contribution is -0.169. The third-order valence-corrected chi connectivity index (χ3v) is 3.11. The fraction of sp³-hybridized carbons (Fsp3) is 0.846. The van der Waals surface area contributed by atoms with Gasteiger partial charge in [0, 0.05) is 39.3 Å². The summed E-state index contributed by atoms with van der Waals surface area (Å²) in [5, 5.41) is 46.6. The number of nitrogens with one attached hydrogen (secondary N) is 3. The first-order chi connectivity index (χ1) is 11.4. The first-order valence-corrected chi connectivity index (χ1v) is 7.56. The van der Waals surface area contributed by atoms with Gasteiger partial charge in [0.05, 0.1) is 7.11 Å². The van der Waals surface area contributed by atoms with Gasteiger partial charge in [-0.2, -0.15) is 0 Å². The number of aliphatic hydroxyl groups excluding tert-OH is 4. The van der Waals surface area contributed by atoms with E-state index in [-0.39, 0.29) is 6.54 Å². The maximum Gasteiger partial charge on any atom is 0.337 e. The lowest BCUT2D eigenvalue weighted by Gasteiger charge is -2.24. The van der Waals surface area contributed by atoms with Crippen LogP contribution in [0, 0.1) is 0 Å². The molecule has 0 aliphatic rings. The lowest BCUT2D eigenvalue weighted by Crippen LogP contribution is -2.53. The average molecular weight is 352 g/mol. The van der Waals surface area contributed by atoms with Crippen LogP contribution in [0.1, 0.15) is 0 Å². The molecular weight excluding hydrogens is 324 g/mol. The van der Waals surface area contributed by atoms with Gasteiger partial charge in [-0.15, -0.1) is 0 Å². The predicted molar refractivity (Wildman–Crippen MR) is 83.8 cm³/mol. The summed E-state index contributed by atoms with van der Waals surface area (Å²) >= 11 is 0. The van der Waals surface area contributed by atoms with E-state index in [4.69, 9.17) is 5.73 Å². The molecule has 0 aromatic rings. The van der Waals surface area contributed by atoms with E-state index in [2.05, 4.69) is 20.7 Å². The molecule has 0 bridgehead atoms. The molecule has 0 radical (unpaired) electrons. The summed E-state index contributed by atoms with van der Waals surface area (Å²) in [5.41, 5.74) is 5.31. The summed E-state index contributed by atoms with van der Waals surface area (Å²) in [6.45, 7) is 3.23. The van der Waals surface area contributed by atoms with E-state index >= 15 is 0 Å². The van der Waals surface area contributed by atoms with Gasteiger partial charge >= 0.3 is 5.97 Å². The van der Waals surface area contributed by atoms with Gasteiger partial charge in [0.1, 0.15) is 12.2 Å². The number of hydrogen-bond donors (Lipinski definition) is 8. The quantitative estimate of drug-likeness (QED) is 0.118. The van der Waals surface area contributed by atoms with Crippen molar-refractivity contribution in [1.82, 2.24) is 16.0 Å². The molecule has 4 atom stereocenters. The zero-order chi connectivity index (χ0) is 18.5. The van der Waals surface area contributed by atoms with E-state index in [0.717, 1.165) is 7.11 Å². The number of carbonyl (C=O) groups excluding carboxylic acids is 2. The molecule has 0 rings (SSSR count). The summed E-state index contributed by atoms with van der Waals surface area (Å²) < 4.78 is 4.19. The van der Waals surface area contributed by atoms with Crippen LogP contribution in [0.4, 0.5) is 0 Å². The van der Waals surface area contributed by atoms with Gasteiger partial charge in [0.25, 0.3) is 5.91 Å². The average Bonchev–Trinajstić information content (AvgIpc) is 2.60. The molecule has 142 valence electrons. The molecule has 24 heavy (non-hydrogen) atoms. The molecule has 11 heteroatoms. The SMILES string of the molecule is COC(=O)[C@@H](O)[C@@H](O)[C@H](O)[C@@H](O)C(=O)NCCNCCNCCN. The minimum atomic E-state index is -2.07. The van der Waals surface area contributed by atoms with Gasteiger partial charge in [-0.1, -0.05) is 0 Å². The third-order valence-electron chi connectivity index (χ3n) is 3.11. The largest absolute Gasteiger partial charge is 0.467 e. The number of carbonyl (C=O) groups is 2. The Morgan fingerprint density at radius 3 is 1.96 bits per heavy atom. The molecule has 0 heterocycles. The second-order valence-electron chi connectivity index (χ2n) is 4.97. The highest BCUT2D eigenvalue weighted by atomic mass is 16.5. The smallest absolute Gasteiger partial charge is 0.337 e. The van der Waals surface area contributed by atoms with E-state index in [1.807, 2.05) is 0 Å². The first-order valence-electron chi connectivity index (χ1n) is 7.56. The molecule has 11 nitrogen and oxygen atoms in total. The van der Waals surface area contributed by atoms with E-state index in [1.54, 1.807) is 0 Å². The van der Waals surface area contributed by atoms with Crippen molar-refractivity contribution in [2.75, 3.05) is 46.4 Å². The molecule has 0 saturated heterocycles. The van der Waals surface area contributed by atoms with E-state index in [1.165, 1.54) is 0 Å². The lowest BCUT2D eigenvalue weighted by atomic mass is 10.0. The molecule has 0 aromatic heterocycles. The number of aliphatic hydroxyl groups is 4. The predicted octanol–water partition coefficient (Wildman–Crippen LogP) is -5.14. The Hall–Kier alpha value is -1.34. The highest BCUT2D eigenvalue weighted by Crippen LogP contribution is 2.06. The summed E-state index contributed by atoms with van der Waals surface area (Å²) in [4.78, 5) is 22.7. The summed E-state index contributed by atoms with van der Waals surface area (Å²) in [6.07, 6.45) is -8.20. The molecule has 0 aromatic carbocycles. The number of nitrogens with two attached hydrogens (primary N) is 1. The van der Waals surface area contributed by atoms with Crippen molar-refractivity contribution < 1.29 is 34.8 Å². The van der Waals surface area contributed by atoms with Gasteiger partial charge in [-0.05, 0) is 0 Å². The van der Waals surface area contributed by atoms with Crippen LogP contribution in [0.3, 0.4) is 0 Å². The second-order valence-corrected chi connectivity index (χ2v) is 4.97. The van der Waals surface area contributed by atoms with E-state index in [9.17, 15) is 30.0 Å². The first kappa shape index (κ1) is 22.7. The highest BCUT2D eigenvalue weighted by molar-refractivity contribution is 5.81.